The lowest BCUT2D eigenvalue weighted by molar-refractivity contribution is 0.587. The molecule has 0 fully saturated rings. The maximum absolute atomic E-state index is 13.9. The summed E-state index contributed by atoms with van der Waals surface area (Å²) in [6, 6.07) is 10.3. The van der Waals surface area contributed by atoms with Crippen LogP contribution in [0.3, 0.4) is 0 Å². The van der Waals surface area contributed by atoms with Crippen LogP contribution in [0, 0.1) is 5.82 Å². The Morgan fingerprint density at radius 2 is 2.08 bits per heavy atom. The zero-order chi connectivity index (χ0) is 16.8. The molecule has 0 bridgehead atoms. The Kier molecular flexibility index (Phi) is 3.53. The third kappa shape index (κ3) is 2.19. The number of nitrogens with zero attached hydrogens (tertiary/aromatic N) is 1. The predicted octanol–water partition coefficient (Wildman–Crippen LogP) is 4.05. The van der Waals surface area contributed by atoms with Gasteiger partial charge in [0, 0.05) is 22.1 Å². The van der Waals surface area contributed by atoms with Crippen molar-refractivity contribution in [1.29, 1.82) is 0 Å². The topological polar surface area (TPSA) is 57.8 Å². The van der Waals surface area contributed by atoms with Crippen molar-refractivity contribution >= 4 is 28.1 Å². The van der Waals surface area contributed by atoms with Gasteiger partial charge < -0.3 is 5.32 Å². The number of benzene rings is 2. The lowest BCUT2D eigenvalue weighted by Gasteiger charge is -2.34. The Bertz CT molecular complexity index is 1000. The van der Waals surface area contributed by atoms with Crippen LogP contribution >= 0.6 is 11.6 Å². The summed E-state index contributed by atoms with van der Waals surface area (Å²) in [5.41, 5.74) is 1.87. The van der Waals surface area contributed by atoms with Gasteiger partial charge in [-0.05, 0) is 30.2 Å². The minimum Gasteiger partial charge on any atom is -0.381 e. The highest BCUT2D eigenvalue weighted by atomic mass is 35.5. The molecule has 2 N–H and O–H groups in total. The number of nitrogens with one attached hydrogen (secondary N) is 2. The quantitative estimate of drug-likeness (QED) is 0.738. The van der Waals surface area contributed by atoms with Crippen molar-refractivity contribution in [2.24, 2.45) is 0 Å². The summed E-state index contributed by atoms with van der Waals surface area (Å²) in [4.78, 5) is 12.1. The smallest absolute Gasteiger partial charge is 0.272 e. The highest BCUT2D eigenvalue weighted by molar-refractivity contribution is 6.31. The number of hydrogen-bond donors (Lipinski definition) is 2. The van der Waals surface area contributed by atoms with Gasteiger partial charge in [0.05, 0.1) is 17.0 Å². The molecule has 0 aliphatic carbocycles. The second-order valence-electron chi connectivity index (χ2n) is 5.97. The molecule has 1 aliphatic heterocycles. The monoisotopic (exact) mass is 343 g/mol. The highest BCUT2D eigenvalue weighted by Crippen LogP contribution is 2.42. The highest BCUT2D eigenvalue weighted by Gasteiger charge is 2.34. The van der Waals surface area contributed by atoms with E-state index in [0.29, 0.717) is 21.5 Å². The lowest BCUT2D eigenvalue weighted by Crippen LogP contribution is -2.33. The molecule has 0 saturated heterocycles. The Hall–Kier alpha value is -2.40. The molecule has 4 rings (SSSR count). The van der Waals surface area contributed by atoms with E-state index in [1.165, 1.54) is 12.1 Å². The second kappa shape index (κ2) is 5.60. The van der Waals surface area contributed by atoms with E-state index in [-0.39, 0.29) is 12.0 Å². The van der Waals surface area contributed by atoms with Crippen molar-refractivity contribution in [1.82, 2.24) is 10.2 Å². The van der Waals surface area contributed by atoms with E-state index in [2.05, 4.69) is 22.4 Å². The average molecular weight is 344 g/mol. The molecule has 2 aromatic carbocycles. The van der Waals surface area contributed by atoms with E-state index in [9.17, 15) is 9.18 Å². The van der Waals surface area contributed by atoms with Crippen LogP contribution in [0.15, 0.2) is 41.2 Å². The summed E-state index contributed by atoms with van der Waals surface area (Å²) in [7, 11) is 0. The van der Waals surface area contributed by atoms with Gasteiger partial charge in [-0.2, -0.15) is 5.10 Å². The Labute approximate surface area is 142 Å². The molecule has 0 amide bonds. The number of aromatic nitrogens is 2. The molecule has 4 nitrogen and oxygen atoms in total. The van der Waals surface area contributed by atoms with Crippen LogP contribution in [-0.2, 0) is 0 Å². The molecule has 0 spiro atoms. The Morgan fingerprint density at radius 3 is 2.83 bits per heavy atom. The van der Waals surface area contributed by atoms with E-state index in [4.69, 9.17) is 11.6 Å². The summed E-state index contributed by atoms with van der Waals surface area (Å²) in [5.74, 6) is -0.570. The first-order valence-corrected chi connectivity index (χ1v) is 8.20. The van der Waals surface area contributed by atoms with Crippen molar-refractivity contribution in [3.8, 4) is 0 Å². The third-order valence-electron chi connectivity index (χ3n) is 4.60. The zero-order valence-electron chi connectivity index (χ0n) is 12.9. The molecule has 6 heteroatoms. The first kappa shape index (κ1) is 15.1. The van der Waals surface area contributed by atoms with Crippen LogP contribution < -0.4 is 10.9 Å². The fraction of sp³-hybridized carbons (Fsp3) is 0.222. The van der Waals surface area contributed by atoms with E-state index >= 15 is 0 Å². The lowest BCUT2D eigenvalue weighted by atomic mass is 9.82. The molecule has 122 valence electrons. The summed E-state index contributed by atoms with van der Waals surface area (Å²) in [5, 5.41) is 11.8. The number of rotatable bonds is 2. The molecule has 1 aromatic heterocycles. The predicted molar refractivity (Wildman–Crippen MR) is 93.3 cm³/mol. The van der Waals surface area contributed by atoms with Crippen LogP contribution in [-0.4, -0.2) is 16.2 Å². The standard InChI is InChI=1S/C18H15ClFN3O/c1-2-13-15(10-5-3-4-6-12(10)19)17-16-11(18(24)23-22-17)7-9(20)8-14(16)21-13/h3-8,13,15,21H,2H2,1H3,(H,23,24)/t13-,15-/m0/s1. The second-order valence-corrected chi connectivity index (χ2v) is 6.38. The van der Waals surface area contributed by atoms with Gasteiger partial charge in [0.1, 0.15) is 5.82 Å². The molecular formula is C18H15ClFN3O. The zero-order valence-corrected chi connectivity index (χ0v) is 13.7. The van der Waals surface area contributed by atoms with Crippen molar-refractivity contribution in [2.45, 2.75) is 25.3 Å². The van der Waals surface area contributed by atoms with Gasteiger partial charge in [0.2, 0.25) is 0 Å². The molecule has 2 atom stereocenters. The maximum atomic E-state index is 13.9. The van der Waals surface area contributed by atoms with Crippen LogP contribution in [0.25, 0.3) is 10.8 Å². The minimum absolute atomic E-state index is 0.000743. The first-order valence-electron chi connectivity index (χ1n) is 7.83. The van der Waals surface area contributed by atoms with Gasteiger partial charge in [-0.1, -0.05) is 36.7 Å². The van der Waals surface area contributed by atoms with Crippen molar-refractivity contribution in [3.63, 3.8) is 0 Å². The summed E-state index contributed by atoms with van der Waals surface area (Å²) < 4.78 is 13.9. The number of hydrogen-bond acceptors (Lipinski definition) is 3. The van der Waals surface area contributed by atoms with E-state index in [1.807, 2.05) is 24.3 Å². The summed E-state index contributed by atoms with van der Waals surface area (Å²) in [6.07, 6.45) is 0.800. The number of anilines is 1. The molecule has 0 saturated carbocycles. The Morgan fingerprint density at radius 1 is 1.29 bits per heavy atom. The van der Waals surface area contributed by atoms with Gasteiger partial charge in [0.15, 0.2) is 0 Å². The molecular weight excluding hydrogens is 329 g/mol. The fourth-order valence-corrected chi connectivity index (χ4v) is 3.78. The van der Waals surface area contributed by atoms with Crippen molar-refractivity contribution in [2.75, 3.05) is 5.32 Å². The van der Waals surface area contributed by atoms with Crippen LogP contribution in [0.2, 0.25) is 5.02 Å². The molecule has 24 heavy (non-hydrogen) atoms. The molecule has 0 unspecified atom stereocenters. The summed E-state index contributed by atoms with van der Waals surface area (Å²) >= 11 is 6.41. The fourth-order valence-electron chi connectivity index (χ4n) is 3.53. The van der Waals surface area contributed by atoms with Gasteiger partial charge in [-0.25, -0.2) is 9.49 Å². The van der Waals surface area contributed by atoms with E-state index < -0.39 is 11.4 Å². The normalized spacial score (nSPS) is 19.3. The average Bonchev–Trinajstić information content (AvgIpc) is 2.57. The largest absolute Gasteiger partial charge is 0.381 e. The van der Waals surface area contributed by atoms with Gasteiger partial charge in [-0.3, -0.25) is 4.79 Å². The van der Waals surface area contributed by atoms with E-state index in [0.717, 1.165) is 17.7 Å². The molecule has 2 heterocycles. The van der Waals surface area contributed by atoms with E-state index in [1.54, 1.807) is 0 Å². The maximum Gasteiger partial charge on any atom is 0.272 e. The number of H-pyrrole nitrogens is 1. The van der Waals surface area contributed by atoms with Crippen molar-refractivity contribution in [3.05, 3.63) is 68.8 Å². The number of aromatic amines is 1. The molecule has 1 aliphatic rings. The first-order chi connectivity index (χ1) is 11.6. The van der Waals surface area contributed by atoms with Gasteiger partial charge in [-0.15, -0.1) is 0 Å². The van der Waals surface area contributed by atoms with Crippen molar-refractivity contribution < 1.29 is 4.39 Å². The third-order valence-corrected chi connectivity index (χ3v) is 4.94. The van der Waals surface area contributed by atoms with Gasteiger partial charge in [0.25, 0.3) is 5.56 Å². The number of halogens is 2. The SMILES string of the molecule is CC[C@@H]1Nc2cc(F)cc3c(=O)[nH]nc(c23)[C@H]1c1ccccc1Cl. The molecule has 0 radical (unpaired) electrons. The Balaban J connectivity index is 2.07. The molecule has 3 aromatic rings. The summed E-state index contributed by atoms with van der Waals surface area (Å²) in [6.45, 7) is 2.05. The minimum atomic E-state index is -0.446. The van der Waals surface area contributed by atoms with Gasteiger partial charge >= 0.3 is 0 Å². The van der Waals surface area contributed by atoms with Crippen LogP contribution in [0.1, 0.15) is 30.5 Å². The van der Waals surface area contributed by atoms with Crippen LogP contribution in [0.4, 0.5) is 10.1 Å². The van der Waals surface area contributed by atoms with Crippen LogP contribution in [0.5, 0.6) is 0 Å².